The van der Waals surface area contributed by atoms with Crippen molar-refractivity contribution >= 4 is 28.9 Å². The monoisotopic (exact) mass is 290 g/mol. The standard InChI is InChI=1S/C15H12Cl2N2/c1-10(14-7-4-12(16)8-15(14)17)19-13-5-2-11(9-18)3-6-13/h2-8,10,19H,1H3. The third-order valence-corrected chi connectivity index (χ3v) is 3.39. The van der Waals surface area contributed by atoms with E-state index in [2.05, 4.69) is 11.4 Å². The van der Waals surface area contributed by atoms with Crippen molar-refractivity contribution in [3.05, 3.63) is 63.6 Å². The quantitative estimate of drug-likeness (QED) is 0.860. The number of halogens is 2. The lowest BCUT2D eigenvalue weighted by atomic mass is 10.1. The smallest absolute Gasteiger partial charge is 0.0991 e. The van der Waals surface area contributed by atoms with Crippen LogP contribution in [0.3, 0.4) is 0 Å². The minimum absolute atomic E-state index is 0.0534. The summed E-state index contributed by atoms with van der Waals surface area (Å²) in [4.78, 5) is 0. The van der Waals surface area contributed by atoms with Crippen molar-refractivity contribution < 1.29 is 0 Å². The highest BCUT2D eigenvalue weighted by Crippen LogP contribution is 2.28. The van der Waals surface area contributed by atoms with E-state index in [4.69, 9.17) is 28.5 Å². The van der Waals surface area contributed by atoms with E-state index in [1.807, 2.05) is 31.2 Å². The van der Waals surface area contributed by atoms with Crippen molar-refractivity contribution in [1.82, 2.24) is 0 Å². The van der Waals surface area contributed by atoms with E-state index >= 15 is 0 Å². The van der Waals surface area contributed by atoms with Gasteiger partial charge in [0.25, 0.3) is 0 Å². The maximum absolute atomic E-state index is 8.75. The second kappa shape index (κ2) is 5.97. The second-order valence-corrected chi connectivity index (χ2v) is 5.06. The summed E-state index contributed by atoms with van der Waals surface area (Å²) in [5, 5.41) is 13.3. The Morgan fingerprint density at radius 3 is 2.37 bits per heavy atom. The molecule has 1 N–H and O–H groups in total. The van der Waals surface area contributed by atoms with E-state index in [0.29, 0.717) is 15.6 Å². The van der Waals surface area contributed by atoms with E-state index in [1.165, 1.54) is 0 Å². The van der Waals surface area contributed by atoms with E-state index in [0.717, 1.165) is 11.3 Å². The van der Waals surface area contributed by atoms with Gasteiger partial charge in [0.15, 0.2) is 0 Å². The molecule has 0 saturated heterocycles. The van der Waals surface area contributed by atoms with Crippen LogP contribution in [0.4, 0.5) is 5.69 Å². The summed E-state index contributed by atoms with van der Waals surface area (Å²) in [6.07, 6.45) is 0. The van der Waals surface area contributed by atoms with Gasteiger partial charge in [-0.2, -0.15) is 5.26 Å². The minimum atomic E-state index is 0.0534. The van der Waals surface area contributed by atoms with Crippen LogP contribution in [0.1, 0.15) is 24.1 Å². The van der Waals surface area contributed by atoms with Crippen molar-refractivity contribution in [3.63, 3.8) is 0 Å². The van der Waals surface area contributed by atoms with Crippen molar-refractivity contribution in [2.24, 2.45) is 0 Å². The molecule has 4 heteroatoms. The Labute approximate surface area is 122 Å². The number of benzene rings is 2. The number of nitrogens with one attached hydrogen (secondary N) is 1. The SMILES string of the molecule is CC(Nc1ccc(C#N)cc1)c1ccc(Cl)cc1Cl. The van der Waals surface area contributed by atoms with Crippen LogP contribution in [0.5, 0.6) is 0 Å². The molecule has 0 heterocycles. The van der Waals surface area contributed by atoms with Crippen LogP contribution in [0.25, 0.3) is 0 Å². The lowest BCUT2D eigenvalue weighted by molar-refractivity contribution is 0.885. The summed E-state index contributed by atoms with van der Waals surface area (Å²) >= 11 is 12.1. The highest BCUT2D eigenvalue weighted by atomic mass is 35.5. The summed E-state index contributed by atoms with van der Waals surface area (Å²) < 4.78 is 0. The average molecular weight is 291 g/mol. The lowest BCUT2D eigenvalue weighted by Gasteiger charge is -2.17. The van der Waals surface area contributed by atoms with E-state index < -0.39 is 0 Å². The molecule has 1 unspecified atom stereocenters. The van der Waals surface area contributed by atoms with Crippen LogP contribution in [0.15, 0.2) is 42.5 Å². The second-order valence-electron chi connectivity index (χ2n) is 4.22. The van der Waals surface area contributed by atoms with E-state index in [-0.39, 0.29) is 6.04 Å². The third-order valence-electron chi connectivity index (χ3n) is 2.83. The lowest BCUT2D eigenvalue weighted by Crippen LogP contribution is -2.07. The van der Waals surface area contributed by atoms with Gasteiger partial charge >= 0.3 is 0 Å². The molecule has 0 saturated carbocycles. The van der Waals surface area contributed by atoms with Crippen molar-refractivity contribution in [2.45, 2.75) is 13.0 Å². The van der Waals surface area contributed by atoms with E-state index in [1.54, 1.807) is 18.2 Å². The highest BCUT2D eigenvalue weighted by Gasteiger charge is 2.09. The average Bonchev–Trinajstić information content (AvgIpc) is 2.39. The summed E-state index contributed by atoms with van der Waals surface area (Å²) in [7, 11) is 0. The molecule has 1 atom stereocenters. The zero-order valence-electron chi connectivity index (χ0n) is 10.3. The predicted octanol–water partition coefficient (Wildman–Crippen LogP) is 5.04. The van der Waals surface area contributed by atoms with Crippen LogP contribution in [0.2, 0.25) is 10.0 Å². The Kier molecular flexibility index (Phi) is 4.31. The molecule has 0 aromatic heterocycles. The largest absolute Gasteiger partial charge is 0.378 e. The number of nitriles is 1. The maximum Gasteiger partial charge on any atom is 0.0991 e. The van der Waals surface area contributed by atoms with E-state index in [9.17, 15) is 0 Å². The zero-order valence-corrected chi connectivity index (χ0v) is 11.8. The Bertz CT molecular complexity index is 615. The van der Waals surface area contributed by atoms with Gasteiger partial charge < -0.3 is 5.32 Å². The fraction of sp³-hybridized carbons (Fsp3) is 0.133. The number of hydrogen-bond donors (Lipinski definition) is 1. The molecule has 0 aliphatic carbocycles. The molecular formula is C15H12Cl2N2. The Hall–Kier alpha value is -1.69. The summed E-state index contributed by atoms with van der Waals surface area (Å²) in [6, 6.07) is 14.9. The van der Waals surface area contributed by atoms with Gasteiger partial charge in [0.2, 0.25) is 0 Å². The Morgan fingerprint density at radius 1 is 1.11 bits per heavy atom. The topological polar surface area (TPSA) is 35.8 Å². The molecule has 0 aliphatic heterocycles. The molecule has 0 amide bonds. The van der Waals surface area contributed by atoms with Gasteiger partial charge in [0.05, 0.1) is 11.6 Å². The molecule has 0 aliphatic rings. The first kappa shape index (κ1) is 13.7. The Balaban J connectivity index is 2.16. The maximum atomic E-state index is 8.75. The highest BCUT2D eigenvalue weighted by molar-refractivity contribution is 6.35. The first-order chi connectivity index (χ1) is 9.10. The molecule has 2 aromatic rings. The van der Waals surface area contributed by atoms with Crippen LogP contribution < -0.4 is 5.32 Å². The number of rotatable bonds is 3. The van der Waals surface area contributed by atoms with Crippen molar-refractivity contribution in [2.75, 3.05) is 5.32 Å². The van der Waals surface area contributed by atoms with Gasteiger partial charge in [-0.1, -0.05) is 29.3 Å². The third kappa shape index (κ3) is 3.41. The number of anilines is 1. The summed E-state index contributed by atoms with van der Waals surface area (Å²) in [5.41, 5.74) is 2.57. The molecule has 0 radical (unpaired) electrons. The van der Waals surface area contributed by atoms with Gasteiger partial charge in [-0.3, -0.25) is 0 Å². The van der Waals surface area contributed by atoms with Gasteiger partial charge in [0.1, 0.15) is 0 Å². The van der Waals surface area contributed by atoms with Crippen molar-refractivity contribution in [3.8, 4) is 6.07 Å². The minimum Gasteiger partial charge on any atom is -0.378 e. The zero-order chi connectivity index (χ0) is 13.8. The van der Waals surface area contributed by atoms with Gasteiger partial charge in [-0.15, -0.1) is 0 Å². The van der Waals surface area contributed by atoms with Gasteiger partial charge in [-0.25, -0.2) is 0 Å². The van der Waals surface area contributed by atoms with Crippen LogP contribution in [-0.2, 0) is 0 Å². The van der Waals surface area contributed by atoms with Crippen LogP contribution in [0, 0.1) is 11.3 Å². The molecule has 2 aromatic carbocycles. The molecule has 2 nitrogen and oxygen atoms in total. The molecular weight excluding hydrogens is 279 g/mol. The van der Waals surface area contributed by atoms with Gasteiger partial charge in [-0.05, 0) is 48.9 Å². The number of hydrogen-bond acceptors (Lipinski definition) is 2. The number of nitrogens with zero attached hydrogens (tertiary/aromatic N) is 1. The van der Waals surface area contributed by atoms with Crippen LogP contribution in [-0.4, -0.2) is 0 Å². The van der Waals surface area contributed by atoms with Gasteiger partial charge in [0, 0.05) is 21.8 Å². The Morgan fingerprint density at radius 2 is 1.79 bits per heavy atom. The molecule has 0 spiro atoms. The summed E-state index contributed by atoms with van der Waals surface area (Å²) in [5.74, 6) is 0. The van der Waals surface area contributed by atoms with Crippen molar-refractivity contribution in [1.29, 1.82) is 5.26 Å². The molecule has 19 heavy (non-hydrogen) atoms. The molecule has 2 rings (SSSR count). The fourth-order valence-electron chi connectivity index (χ4n) is 1.82. The summed E-state index contributed by atoms with van der Waals surface area (Å²) in [6.45, 7) is 2.02. The molecule has 0 bridgehead atoms. The normalized spacial score (nSPS) is 11.7. The molecule has 96 valence electrons. The first-order valence-electron chi connectivity index (χ1n) is 5.82. The van der Waals surface area contributed by atoms with Crippen LogP contribution >= 0.6 is 23.2 Å². The molecule has 0 fully saturated rings. The fourth-order valence-corrected chi connectivity index (χ4v) is 2.39. The first-order valence-corrected chi connectivity index (χ1v) is 6.57. The predicted molar refractivity (Wildman–Crippen MR) is 79.7 cm³/mol.